The highest BCUT2D eigenvalue weighted by Gasteiger charge is 1.96. The van der Waals surface area contributed by atoms with E-state index in [1.807, 2.05) is 0 Å². The summed E-state index contributed by atoms with van der Waals surface area (Å²) < 4.78 is 10.1. The lowest BCUT2D eigenvalue weighted by atomic mass is 10.1. The van der Waals surface area contributed by atoms with Gasteiger partial charge in [0.15, 0.2) is 8.46 Å². The first kappa shape index (κ1) is 14.6. The van der Waals surface area contributed by atoms with Gasteiger partial charge in [-0.2, -0.15) is 0 Å². The van der Waals surface area contributed by atoms with E-state index in [1.165, 1.54) is 25.7 Å². The van der Waals surface area contributed by atoms with E-state index in [2.05, 4.69) is 0 Å². The molecule has 3 nitrogen and oxygen atoms in total. The van der Waals surface area contributed by atoms with Crippen LogP contribution in [0.2, 0.25) is 0 Å². The van der Waals surface area contributed by atoms with Gasteiger partial charge >= 0.3 is 5.97 Å². The molecule has 0 aliphatic carbocycles. The van der Waals surface area contributed by atoms with E-state index in [1.54, 1.807) is 0 Å². The first-order chi connectivity index (χ1) is 7.27. The number of aliphatic carboxylic acids is 1. The Bertz CT molecular complexity index is 171. The molecular formula is C11H21O3P. The molecule has 0 heterocycles. The number of hydrogen-bond donors (Lipinski definition) is 1. The van der Waals surface area contributed by atoms with E-state index in [4.69, 9.17) is 5.11 Å². The minimum absolute atomic E-state index is 0.268. The Morgan fingerprint density at radius 2 is 1.33 bits per heavy atom. The third-order valence-electron chi connectivity index (χ3n) is 2.39. The minimum Gasteiger partial charge on any atom is -0.481 e. The highest BCUT2D eigenvalue weighted by Crippen LogP contribution is 2.10. The topological polar surface area (TPSA) is 54.4 Å². The summed E-state index contributed by atoms with van der Waals surface area (Å²) >= 11 is 0. The number of carboxylic acids is 1. The molecule has 0 aromatic carbocycles. The molecule has 4 heteroatoms. The summed E-state index contributed by atoms with van der Waals surface area (Å²) in [6.45, 7) is 0. The molecule has 88 valence electrons. The maximum absolute atomic E-state index is 10.2. The standard InChI is InChI=1S/C11H21O3P/c12-11(13)9-7-5-3-1-2-4-6-8-10-15-14/h1-10H2,(H,12,13). The third kappa shape index (κ3) is 13.6. The summed E-state index contributed by atoms with van der Waals surface area (Å²) in [5, 5.41) is 8.41. The lowest BCUT2D eigenvalue weighted by Crippen LogP contribution is -1.93. The Labute approximate surface area is 93.5 Å². The molecule has 0 amide bonds. The average Bonchev–Trinajstić information content (AvgIpc) is 2.20. The molecule has 0 spiro atoms. The first-order valence-corrected chi connectivity index (χ1v) is 6.78. The third-order valence-corrected chi connectivity index (χ3v) is 2.89. The molecule has 0 radical (unpaired) electrons. The Hall–Kier alpha value is -0.430. The molecule has 0 rings (SSSR count). The lowest BCUT2D eigenvalue weighted by molar-refractivity contribution is -0.137. The monoisotopic (exact) mass is 232 g/mol. The maximum Gasteiger partial charge on any atom is 0.303 e. The van der Waals surface area contributed by atoms with Crippen molar-refractivity contribution in [2.24, 2.45) is 0 Å². The van der Waals surface area contributed by atoms with Gasteiger partial charge in [0.05, 0.1) is 0 Å². The van der Waals surface area contributed by atoms with Crippen molar-refractivity contribution in [1.29, 1.82) is 0 Å². The first-order valence-electron chi connectivity index (χ1n) is 5.78. The van der Waals surface area contributed by atoms with Crippen molar-refractivity contribution in [2.45, 2.75) is 57.8 Å². The number of rotatable bonds is 11. The van der Waals surface area contributed by atoms with Crippen molar-refractivity contribution in [1.82, 2.24) is 0 Å². The van der Waals surface area contributed by atoms with Gasteiger partial charge in [-0.1, -0.05) is 38.5 Å². The van der Waals surface area contributed by atoms with Crippen LogP contribution in [0, 0.1) is 0 Å². The van der Waals surface area contributed by atoms with Gasteiger partial charge in [-0.05, 0) is 12.8 Å². The van der Waals surface area contributed by atoms with Crippen molar-refractivity contribution in [3.8, 4) is 0 Å². The van der Waals surface area contributed by atoms with Gasteiger partial charge in [-0.3, -0.25) is 9.36 Å². The quantitative estimate of drug-likeness (QED) is 0.434. The van der Waals surface area contributed by atoms with Gasteiger partial charge in [0.2, 0.25) is 0 Å². The lowest BCUT2D eigenvalue weighted by Gasteiger charge is -2.00. The molecule has 0 saturated heterocycles. The van der Waals surface area contributed by atoms with Crippen LogP contribution in [0.25, 0.3) is 0 Å². The number of unbranched alkanes of at least 4 members (excludes halogenated alkanes) is 7. The van der Waals surface area contributed by atoms with E-state index < -0.39 is 5.97 Å². The van der Waals surface area contributed by atoms with Crippen LogP contribution < -0.4 is 0 Å². The van der Waals surface area contributed by atoms with Crippen LogP contribution in [0.4, 0.5) is 0 Å². The molecule has 15 heavy (non-hydrogen) atoms. The SMILES string of the molecule is O=PCCCCCCCCCCC(=O)O. The number of carbonyl (C=O) groups is 1. The van der Waals surface area contributed by atoms with Crippen molar-refractivity contribution in [3.63, 3.8) is 0 Å². The van der Waals surface area contributed by atoms with Gasteiger partial charge in [0.1, 0.15) is 0 Å². The fourth-order valence-corrected chi connectivity index (χ4v) is 1.87. The second kappa shape index (κ2) is 11.6. The predicted molar refractivity (Wildman–Crippen MR) is 61.7 cm³/mol. The largest absolute Gasteiger partial charge is 0.481 e. The highest BCUT2D eigenvalue weighted by atomic mass is 31.1. The van der Waals surface area contributed by atoms with E-state index in [9.17, 15) is 9.36 Å². The zero-order valence-electron chi connectivity index (χ0n) is 9.28. The molecule has 0 aliphatic rings. The summed E-state index contributed by atoms with van der Waals surface area (Å²) in [7, 11) is 0.268. The normalized spacial score (nSPS) is 10.7. The summed E-state index contributed by atoms with van der Waals surface area (Å²) in [6, 6.07) is 0. The Morgan fingerprint density at radius 3 is 1.80 bits per heavy atom. The molecule has 0 aromatic rings. The van der Waals surface area contributed by atoms with Crippen LogP contribution in [0.3, 0.4) is 0 Å². The Kier molecular flexibility index (Phi) is 11.3. The van der Waals surface area contributed by atoms with Crippen LogP contribution >= 0.6 is 8.46 Å². The molecule has 0 aliphatic heterocycles. The summed E-state index contributed by atoms with van der Waals surface area (Å²) in [6.07, 6.45) is 9.96. The second-order valence-corrected chi connectivity index (χ2v) is 4.53. The molecule has 0 bridgehead atoms. The van der Waals surface area contributed by atoms with Crippen molar-refractivity contribution in [3.05, 3.63) is 0 Å². The van der Waals surface area contributed by atoms with Crippen LogP contribution in [-0.2, 0) is 9.36 Å². The highest BCUT2D eigenvalue weighted by molar-refractivity contribution is 7.23. The van der Waals surface area contributed by atoms with Crippen molar-refractivity contribution >= 4 is 14.4 Å². The Balaban J connectivity index is 2.92. The van der Waals surface area contributed by atoms with Gasteiger partial charge in [-0.15, -0.1) is 0 Å². The molecular weight excluding hydrogens is 211 g/mol. The number of carboxylic acid groups (broad SMARTS) is 1. The van der Waals surface area contributed by atoms with Crippen LogP contribution in [0.1, 0.15) is 57.8 Å². The number of hydrogen-bond acceptors (Lipinski definition) is 2. The summed E-state index contributed by atoms with van der Waals surface area (Å²) in [5.41, 5.74) is 0. The van der Waals surface area contributed by atoms with E-state index in [0.717, 1.165) is 31.8 Å². The zero-order valence-corrected chi connectivity index (χ0v) is 10.2. The summed E-state index contributed by atoms with van der Waals surface area (Å²) in [4.78, 5) is 10.2. The molecule has 0 fully saturated rings. The fourth-order valence-electron chi connectivity index (χ4n) is 1.51. The fraction of sp³-hybridized carbons (Fsp3) is 0.909. The van der Waals surface area contributed by atoms with E-state index in [0.29, 0.717) is 6.42 Å². The van der Waals surface area contributed by atoms with Gasteiger partial charge in [0.25, 0.3) is 0 Å². The van der Waals surface area contributed by atoms with Gasteiger partial charge < -0.3 is 5.11 Å². The predicted octanol–water partition coefficient (Wildman–Crippen LogP) is 3.87. The molecule has 0 unspecified atom stereocenters. The van der Waals surface area contributed by atoms with Crippen LogP contribution in [-0.4, -0.2) is 17.2 Å². The van der Waals surface area contributed by atoms with Crippen LogP contribution in [0.15, 0.2) is 0 Å². The zero-order chi connectivity index (χ0) is 11.4. The van der Waals surface area contributed by atoms with Crippen molar-refractivity contribution in [2.75, 3.05) is 6.16 Å². The van der Waals surface area contributed by atoms with Crippen LogP contribution in [0.5, 0.6) is 0 Å². The summed E-state index contributed by atoms with van der Waals surface area (Å²) in [5.74, 6) is -0.688. The molecule has 1 N–H and O–H groups in total. The molecule has 0 aromatic heterocycles. The van der Waals surface area contributed by atoms with E-state index >= 15 is 0 Å². The van der Waals surface area contributed by atoms with Gasteiger partial charge in [-0.25, -0.2) is 0 Å². The molecule has 0 saturated carbocycles. The molecule has 0 atom stereocenters. The smallest absolute Gasteiger partial charge is 0.303 e. The van der Waals surface area contributed by atoms with E-state index in [-0.39, 0.29) is 8.46 Å². The second-order valence-electron chi connectivity index (χ2n) is 3.82. The maximum atomic E-state index is 10.2. The minimum atomic E-state index is -0.688. The average molecular weight is 232 g/mol. The Morgan fingerprint density at radius 1 is 0.867 bits per heavy atom. The van der Waals surface area contributed by atoms with Crippen molar-refractivity contribution < 1.29 is 14.5 Å². The van der Waals surface area contributed by atoms with Gasteiger partial charge in [0, 0.05) is 12.6 Å².